The van der Waals surface area contributed by atoms with Gasteiger partial charge >= 0.3 is 0 Å². The number of hydrogen-bond donors (Lipinski definition) is 0. The number of nitrogens with zero attached hydrogens (tertiary/aromatic N) is 2. The molecule has 0 saturated carbocycles. The van der Waals surface area contributed by atoms with Crippen LogP contribution in [0.3, 0.4) is 0 Å². The Morgan fingerprint density at radius 1 is 1.12 bits per heavy atom. The van der Waals surface area contributed by atoms with Crippen LogP contribution in [0.4, 0.5) is 5.69 Å². The molecule has 1 aromatic rings. The fourth-order valence-electron chi connectivity index (χ4n) is 4.28. The summed E-state index contributed by atoms with van der Waals surface area (Å²) in [6, 6.07) is 10.6. The highest BCUT2D eigenvalue weighted by Gasteiger charge is 2.26. The van der Waals surface area contributed by atoms with Crippen LogP contribution >= 0.6 is 0 Å². The van der Waals surface area contributed by atoms with Gasteiger partial charge in [0.1, 0.15) is 0 Å². The van der Waals surface area contributed by atoms with Crippen LogP contribution in [0.2, 0.25) is 0 Å². The van der Waals surface area contributed by atoms with Gasteiger partial charge in [-0.05, 0) is 74.3 Å². The van der Waals surface area contributed by atoms with Gasteiger partial charge in [-0.3, -0.25) is 4.99 Å². The first kappa shape index (κ1) is 17.5. The van der Waals surface area contributed by atoms with Crippen molar-refractivity contribution in [3.63, 3.8) is 0 Å². The highest BCUT2D eigenvalue weighted by molar-refractivity contribution is 5.60. The van der Waals surface area contributed by atoms with E-state index in [2.05, 4.69) is 68.1 Å². The van der Waals surface area contributed by atoms with Gasteiger partial charge in [-0.15, -0.1) is 0 Å². The lowest BCUT2D eigenvalue weighted by atomic mass is 9.87. The van der Waals surface area contributed by atoms with Crippen molar-refractivity contribution in [2.24, 2.45) is 10.9 Å². The van der Waals surface area contributed by atoms with Crippen LogP contribution in [0.5, 0.6) is 0 Å². The first-order chi connectivity index (χ1) is 11.4. The molecule has 0 aromatic heterocycles. The Morgan fingerprint density at radius 3 is 2.50 bits per heavy atom. The predicted molar refractivity (Wildman–Crippen MR) is 105 cm³/mol. The first-order valence-corrected chi connectivity index (χ1v) is 9.84. The second kappa shape index (κ2) is 7.29. The van der Waals surface area contributed by atoms with Crippen molar-refractivity contribution in [3.05, 3.63) is 29.8 Å². The lowest BCUT2D eigenvalue weighted by molar-refractivity contribution is 0.421. The molecule has 1 fully saturated rings. The highest BCUT2D eigenvalue weighted by atomic mass is 15.2. The standard InChI is InChI=1S/C22H34N2/c1-17-18(14-15-23-17)7-5-8-20-9-6-16-24(20)21-12-10-19(11-13-21)22(2,3)4/h10-13,15,17-18,20H,5-9,14,16H2,1-4H3. The Kier molecular flexibility index (Phi) is 5.32. The molecule has 132 valence electrons. The largest absolute Gasteiger partial charge is 0.369 e. The maximum atomic E-state index is 4.52. The fourth-order valence-corrected chi connectivity index (χ4v) is 4.28. The van der Waals surface area contributed by atoms with Gasteiger partial charge in [-0.1, -0.05) is 39.3 Å². The molecule has 0 radical (unpaired) electrons. The van der Waals surface area contributed by atoms with Gasteiger partial charge < -0.3 is 4.90 Å². The summed E-state index contributed by atoms with van der Waals surface area (Å²) >= 11 is 0. The molecular weight excluding hydrogens is 292 g/mol. The van der Waals surface area contributed by atoms with Gasteiger partial charge in [-0.2, -0.15) is 0 Å². The lowest BCUT2D eigenvalue weighted by Gasteiger charge is -2.28. The molecule has 0 bridgehead atoms. The maximum absolute atomic E-state index is 4.52. The summed E-state index contributed by atoms with van der Waals surface area (Å²) in [6.45, 7) is 10.4. The topological polar surface area (TPSA) is 15.6 Å². The van der Waals surface area contributed by atoms with Crippen molar-refractivity contribution in [2.45, 2.75) is 83.7 Å². The minimum Gasteiger partial charge on any atom is -0.369 e. The minimum atomic E-state index is 0.239. The number of aliphatic imine (C=N–C) groups is 1. The van der Waals surface area contributed by atoms with Crippen LogP contribution in [0.15, 0.2) is 29.3 Å². The van der Waals surface area contributed by atoms with Crippen LogP contribution in [-0.4, -0.2) is 24.8 Å². The number of hydrogen-bond acceptors (Lipinski definition) is 2. The van der Waals surface area contributed by atoms with Gasteiger partial charge in [0.15, 0.2) is 0 Å². The van der Waals surface area contributed by atoms with Crippen LogP contribution in [-0.2, 0) is 5.41 Å². The Morgan fingerprint density at radius 2 is 1.88 bits per heavy atom. The molecule has 1 saturated heterocycles. The predicted octanol–water partition coefficient (Wildman–Crippen LogP) is 5.60. The van der Waals surface area contributed by atoms with E-state index in [1.54, 1.807) is 0 Å². The lowest BCUT2D eigenvalue weighted by Crippen LogP contribution is -2.29. The van der Waals surface area contributed by atoms with E-state index in [-0.39, 0.29) is 5.41 Å². The molecule has 0 N–H and O–H groups in total. The molecule has 2 heteroatoms. The average molecular weight is 327 g/mol. The van der Waals surface area contributed by atoms with Crippen molar-refractivity contribution in [3.8, 4) is 0 Å². The zero-order valence-electron chi connectivity index (χ0n) is 16.0. The van der Waals surface area contributed by atoms with Crippen molar-refractivity contribution in [1.29, 1.82) is 0 Å². The van der Waals surface area contributed by atoms with Crippen LogP contribution in [0.25, 0.3) is 0 Å². The zero-order chi connectivity index (χ0) is 17.2. The molecule has 2 aliphatic rings. The molecule has 2 nitrogen and oxygen atoms in total. The third-order valence-electron chi connectivity index (χ3n) is 5.99. The van der Waals surface area contributed by atoms with Gasteiger partial charge in [0, 0.05) is 24.3 Å². The number of rotatable bonds is 5. The SMILES string of the molecule is CC1N=CCC1CCCC1CCCN1c1ccc(C(C)(C)C)cc1. The Balaban J connectivity index is 1.55. The highest BCUT2D eigenvalue weighted by Crippen LogP contribution is 2.32. The van der Waals surface area contributed by atoms with E-state index in [0.29, 0.717) is 6.04 Å². The number of benzene rings is 1. The van der Waals surface area contributed by atoms with Crippen LogP contribution in [0.1, 0.15) is 71.8 Å². The quantitative estimate of drug-likeness (QED) is 0.687. The summed E-state index contributed by atoms with van der Waals surface area (Å²) in [7, 11) is 0. The Bertz CT molecular complexity index is 552. The van der Waals surface area contributed by atoms with Crippen molar-refractivity contribution in [2.75, 3.05) is 11.4 Å². The maximum Gasteiger partial charge on any atom is 0.0499 e. The molecule has 2 aliphatic heterocycles. The molecular formula is C22H34N2. The smallest absolute Gasteiger partial charge is 0.0499 e. The minimum absolute atomic E-state index is 0.239. The van der Waals surface area contributed by atoms with E-state index in [4.69, 9.17) is 0 Å². The monoisotopic (exact) mass is 326 g/mol. The summed E-state index contributed by atoms with van der Waals surface area (Å²) in [5, 5.41) is 0. The van der Waals surface area contributed by atoms with Gasteiger partial charge in [0.05, 0.1) is 0 Å². The van der Waals surface area contributed by atoms with Crippen molar-refractivity contribution < 1.29 is 0 Å². The first-order valence-electron chi connectivity index (χ1n) is 9.84. The van der Waals surface area contributed by atoms with E-state index >= 15 is 0 Å². The fraction of sp³-hybridized carbons (Fsp3) is 0.682. The third kappa shape index (κ3) is 4.02. The number of anilines is 1. The second-order valence-electron chi connectivity index (χ2n) is 8.79. The molecule has 0 spiro atoms. The van der Waals surface area contributed by atoms with Crippen molar-refractivity contribution >= 4 is 11.9 Å². The van der Waals surface area contributed by atoms with Gasteiger partial charge in [0.25, 0.3) is 0 Å². The van der Waals surface area contributed by atoms with E-state index in [9.17, 15) is 0 Å². The van der Waals surface area contributed by atoms with Crippen molar-refractivity contribution in [1.82, 2.24) is 0 Å². The molecule has 3 rings (SSSR count). The third-order valence-corrected chi connectivity index (χ3v) is 5.99. The summed E-state index contributed by atoms with van der Waals surface area (Å²) in [4.78, 5) is 7.18. The Hall–Kier alpha value is -1.31. The molecule has 0 amide bonds. The molecule has 1 aromatic carbocycles. The van der Waals surface area contributed by atoms with Gasteiger partial charge in [0.2, 0.25) is 0 Å². The van der Waals surface area contributed by atoms with Gasteiger partial charge in [-0.25, -0.2) is 0 Å². The molecule has 2 heterocycles. The van der Waals surface area contributed by atoms with Crippen LogP contribution in [0, 0.1) is 5.92 Å². The van der Waals surface area contributed by atoms with E-state index in [1.807, 2.05) is 0 Å². The average Bonchev–Trinajstić information content (AvgIpc) is 3.16. The van der Waals surface area contributed by atoms with Crippen LogP contribution < -0.4 is 4.90 Å². The molecule has 24 heavy (non-hydrogen) atoms. The summed E-state index contributed by atoms with van der Waals surface area (Å²) in [6.07, 6.45) is 10.1. The molecule has 3 atom stereocenters. The molecule has 3 unspecified atom stereocenters. The molecule has 0 aliphatic carbocycles. The van der Waals surface area contributed by atoms with E-state index in [0.717, 1.165) is 12.0 Å². The van der Waals surface area contributed by atoms with E-state index in [1.165, 1.54) is 56.3 Å². The summed E-state index contributed by atoms with van der Waals surface area (Å²) < 4.78 is 0. The zero-order valence-corrected chi connectivity index (χ0v) is 16.0. The van der Waals surface area contributed by atoms with E-state index < -0.39 is 0 Å². The summed E-state index contributed by atoms with van der Waals surface area (Å²) in [5.41, 5.74) is 3.09. The second-order valence-corrected chi connectivity index (χ2v) is 8.79. The Labute approximate surface area is 148 Å². The summed E-state index contributed by atoms with van der Waals surface area (Å²) in [5.74, 6) is 0.797. The normalized spacial score (nSPS) is 27.2.